The summed E-state index contributed by atoms with van der Waals surface area (Å²) in [5.41, 5.74) is 4.87. The molecule has 0 aliphatic rings. The van der Waals surface area contributed by atoms with E-state index in [4.69, 9.17) is 11.0 Å². The maximum Gasteiger partial charge on any atom is 0.228 e. The van der Waals surface area contributed by atoms with Crippen molar-refractivity contribution >= 4 is 22.5 Å². The molecule has 0 amide bonds. The van der Waals surface area contributed by atoms with E-state index < -0.39 is 0 Å². The molecule has 4 rings (SSSR count). The predicted molar refractivity (Wildman–Crippen MR) is 141 cm³/mol. The van der Waals surface area contributed by atoms with Gasteiger partial charge in [-0.05, 0) is 45.0 Å². The van der Waals surface area contributed by atoms with E-state index in [1.54, 1.807) is 6.20 Å². The Kier molecular flexibility index (Phi) is 7.61. The van der Waals surface area contributed by atoms with Crippen LogP contribution in [0.5, 0.6) is 0 Å². The number of nitrogens with one attached hydrogen (secondary N) is 1. The maximum absolute atomic E-state index is 7.80. The van der Waals surface area contributed by atoms with Crippen molar-refractivity contribution in [1.82, 2.24) is 9.88 Å². The SMILES string of the molecule is [C-]#[N+]c1cnc2oc(-c3ccccc3)c(-c3ccccc3)c2c1NC(C)CCCN(CC)CC. The summed E-state index contributed by atoms with van der Waals surface area (Å²) in [6.45, 7) is 17.6. The highest BCUT2D eigenvalue weighted by atomic mass is 16.3. The Balaban J connectivity index is 1.79. The fourth-order valence-corrected chi connectivity index (χ4v) is 4.44. The molecule has 5 heteroatoms. The van der Waals surface area contributed by atoms with Crippen LogP contribution in [0.25, 0.3) is 38.4 Å². The molecule has 34 heavy (non-hydrogen) atoms. The van der Waals surface area contributed by atoms with Crippen molar-refractivity contribution in [3.05, 3.63) is 78.3 Å². The van der Waals surface area contributed by atoms with Gasteiger partial charge in [0, 0.05) is 23.4 Å². The molecule has 0 spiro atoms. The Hall–Kier alpha value is -3.62. The van der Waals surface area contributed by atoms with E-state index in [1.165, 1.54) is 0 Å². The lowest BCUT2D eigenvalue weighted by Crippen LogP contribution is -2.25. The third-order valence-corrected chi connectivity index (χ3v) is 6.32. The van der Waals surface area contributed by atoms with E-state index in [9.17, 15) is 0 Å². The summed E-state index contributed by atoms with van der Waals surface area (Å²) in [6.07, 6.45) is 3.73. The number of hydrogen-bond donors (Lipinski definition) is 1. The first-order chi connectivity index (χ1) is 16.7. The van der Waals surface area contributed by atoms with E-state index in [-0.39, 0.29) is 6.04 Å². The van der Waals surface area contributed by atoms with Crippen LogP contribution in [-0.4, -0.2) is 35.6 Å². The molecule has 0 saturated carbocycles. The molecule has 1 unspecified atom stereocenters. The number of furan rings is 1. The lowest BCUT2D eigenvalue weighted by Gasteiger charge is -2.21. The van der Waals surface area contributed by atoms with Crippen molar-refractivity contribution in [2.75, 3.05) is 25.0 Å². The van der Waals surface area contributed by atoms with Crippen molar-refractivity contribution in [2.45, 2.75) is 39.7 Å². The molecule has 2 aromatic heterocycles. The zero-order chi connectivity index (χ0) is 23.9. The monoisotopic (exact) mass is 452 g/mol. The zero-order valence-corrected chi connectivity index (χ0v) is 20.2. The summed E-state index contributed by atoms with van der Waals surface area (Å²) in [5.74, 6) is 0.772. The highest BCUT2D eigenvalue weighted by molar-refractivity contribution is 6.10. The van der Waals surface area contributed by atoms with E-state index in [2.05, 4.69) is 52.9 Å². The van der Waals surface area contributed by atoms with Gasteiger partial charge in [-0.2, -0.15) is 0 Å². The smallest absolute Gasteiger partial charge is 0.228 e. The standard InChI is InChI=1S/C29H32N4O/c1-5-33(6-2)19-13-14-21(3)32-27-24(30-4)20-31-29-26(27)25(22-15-9-7-10-16-22)28(34-29)23-17-11-8-12-18-23/h7-12,15-18,20-21H,5-6,13-14,19H2,1-3H3,(H,31,32). The van der Waals surface area contributed by atoms with Gasteiger partial charge < -0.3 is 14.6 Å². The summed E-state index contributed by atoms with van der Waals surface area (Å²) >= 11 is 0. The van der Waals surface area contributed by atoms with Crippen LogP contribution in [-0.2, 0) is 0 Å². The average Bonchev–Trinajstić information content (AvgIpc) is 3.28. The van der Waals surface area contributed by atoms with E-state index in [1.807, 2.05) is 48.5 Å². The number of anilines is 1. The number of pyridine rings is 1. The summed E-state index contributed by atoms with van der Waals surface area (Å²) in [4.78, 5) is 10.8. The molecule has 2 heterocycles. The van der Waals surface area contributed by atoms with Gasteiger partial charge in [-0.25, -0.2) is 9.83 Å². The Morgan fingerprint density at radius 2 is 1.65 bits per heavy atom. The minimum absolute atomic E-state index is 0.209. The molecule has 0 aliphatic heterocycles. The molecule has 0 saturated heterocycles. The highest BCUT2D eigenvalue weighted by Crippen LogP contribution is 2.46. The van der Waals surface area contributed by atoms with Gasteiger partial charge in [0.2, 0.25) is 11.4 Å². The first-order valence-corrected chi connectivity index (χ1v) is 12.1. The van der Waals surface area contributed by atoms with Gasteiger partial charge in [-0.15, -0.1) is 0 Å². The summed E-state index contributed by atoms with van der Waals surface area (Å²) in [6, 6.07) is 20.5. The molecular formula is C29H32N4O. The van der Waals surface area contributed by atoms with Crippen LogP contribution in [0.2, 0.25) is 0 Å². The summed E-state index contributed by atoms with van der Waals surface area (Å²) in [7, 11) is 0. The molecule has 0 aliphatic carbocycles. The fourth-order valence-electron chi connectivity index (χ4n) is 4.44. The van der Waals surface area contributed by atoms with Gasteiger partial charge in [-0.3, -0.25) is 0 Å². The van der Waals surface area contributed by atoms with Gasteiger partial charge in [0.15, 0.2) is 0 Å². The van der Waals surface area contributed by atoms with Crippen molar-refractivity contribution in [1.29, 1.82) is 0 Å². The van der Waals surface area contributed by atoms with Crippen molar-refractivity contribution in [2.24, 2.45) is 0 Å². The van der Waals surface area contributed by atoms with E-state index in [0.717, 1.165) is 66.0 Å². The molecule has 0 fully saturated rings. The number of hydrogen-bond acceptors (Lipinski definition) is 4. The minimum Gasteiger partial charge on any atom is -0.437 e. The second-order valence-corrected chi connectivity index (χ2v) is 8.56. The lowest BCUT2D eigenvalue weighted by atomic mass is 9.98. The van der Waals surface area contributed by atoms with Crippen molar-refractivity contribution < 1.29 is 4.42 Å². The maximum atomic E-state index is 7.80. The van der Waals surface area contributed by atoms with Crippen LogP contribution < -0.4 is 5.32 Å². The van der Waals surface area contributed by atoms with Crippen LogP contribution in [0.4, 0.5) is 11.4 Å². The quantitative estimate of drug-likeness (QED) is 0.251. The second kappa shape index (κ2) is 11.0. The highest BCUT2D eigenvalue weighted by Gasteiger charge is 2.24. The minimum atomic E-state index is 0.209. The molecule has 174 valence electrons. The molecule has 0 bridgehead atoms. The Labute approximate surface area is 202 Å². The van der Waals surface area contributed by atoms with Crippen LogP contribution in [0.1, 0.15) is 33.6 Å². The Morgan fingerprint density at radius 3 is 2.26 bits per heavy atom. The first-order valence-electron chi connectivity index (χ1n) is 12.1. The second-order valence-electron chi connectivity index (χ2n) is 8.56. The molecule has 2 aromatic carbocycles. The Morgan fingerprint density at radius 1 is 1.00 bits per heavy atom. The normalized spacial score (nSPS) is 12.1. The molecule has 5 nitrogen and oxygen atoms in total. The van der Waals surface area contributed by atoms with Crippen LogP contribution >= 0.6 is 0 Å². The largest absolute Gasteiger partial charge is 0.437 e. The van der Waals surface area contributed by atoms with Crippen LogP contribution in [0, 0.1) is 6.57 Å². The third-order valence-electron chi connectivity index (χ3n) is 6.32. The molecule has 4 aromatic rings. The molecule has 1 N–H and O–H groups in total. The topological polar surface area (TPSA) is 45.7 Å². The van der Waals surface area contributed by atoms with Gasteiger partial charge in [-0.1, -0.05) is 74.5 Å². The van der Waals surface area contributed by atoms with Gasteiger partial charge in [0.25, 0.3) is 0 Å². The lowest BCUT2D eigenvalue weighted by molar-refractivity contribution is 0.295. The fraction of sp³-hybridized carbons (Fsp3) is 0.310. The van der Waals surface area contributed by atoms with Crippen molar-refractivity contribution in [3.63, 3.8) is 0 Å². The van der Waals surface area contributed by atoms with Gasteiger partial charge >= 0.3 is 0 Å². The summed E-state index contributed by atoms with van der Waals surface area (Å²) in [5, 5.41) is 4.53. The van der Waals surface area contributed by atoms with Crippen LogP contribution in [0.15, 0.2) is 71.3 Å². The predicted octanol–water partition coefficient (Wildman–Crippen LogP) is 7.63. The van der Waals surface area contributed by atoms with E-state index >= 15 is 0 Å². The number of rotatable bonds is 10. The molecular weight excluding hydrogens is 420 g/mol. The average molecular weight is 453 g/mol. The summed E-state index contributed by atoms with van der Waals surface area (Å²) < 4.78 is 6.34. The Bertz CT molecular complexity index is 1250. The third kappa shape index (κ3) is 4.98. The van der Waals surface area contributed by atoms with E-state index in [0.29, 0.717) is 11.4 Å². The zero-order valence-electron chi connectivity index (χ0n) is 20.2. The number of aromatic nitrogens is 1. The van der Waals surface area contributed by atoms with Crippen LogP contribution in [0.3, 0.4) is 0 Å². The van der Waals surface area contributed by atoms with Crippen molar-refractivity contribution in [3.8, 4) is 22.5 Å². The van der Waals surface area contributed by atoms with Gasteiger partial charge in [0.1, 0.15) is 5.76 Å². The number of nitrogens with zero attached hydrogens (tertiary/aromatic N) is 3. The first kappa shape index (κ1) is 23.5. The molecule has 0 radical (unpaired) electrons. The van der Waals surface area contributed by atoms with Gasteiger partial charge in [0.05, 0.1) is 17.6 Å². The molecule has 1 atom stereocenters. The number of fused-ring (bicyclic) bond motifs is 1. The number of benzene rings is 2.